The smallest absolute Gasteiger partial charge is 0.326 e. The minimum Gasteiger partial charge on any atom is -0.480 e. The number of halogens is 3. The summed E-state index contributed by atoms with van der Waals surface area (Å²) in [5.74, 6) is -1.29. The molecule has 1 aliphatic heterocycles. The van der Waals surface area contributed by atoms with E-state index >= 15 is 0 Å². The number of anilines is 2. The zero-order valence-corrected chi connectivity index (χ0v) is 18.3. The number of unbranched alkanes of at least 4 members (excludes halogenated alkanes) is 1. The molecule has 2 aromatic heterocycles. The minimum atomic E-state index is -2.53. The third-order valence-electron chi connectivity index (χ3n) is 5.52. The van der Waals surface area contributed by atoms with Crippen molar-refractivity contribution >= 4 is 17.6 Å². The fourth-order valence-corrected chi connectivity index (χ4v) is 3.79. The van der Waals surface area contributed by atoms with Crippen molar-refractivity contribution in [1.29, 1.82) is 0 Å². The third kappa shape index (κ3) is 7.85. The highest BCUT2D eigenvalue weighted by Gasteiger charge is 2.22. The van der Waals surface area contributed by atoms with E-state index in [1.807, 2.05) is 6.07 Å². The summed E-state index contributed by atoms with van der Waals surface area (Å²) >= 11 is 0. The SMILES string of the molecule is O=C(O)C(CCN(CCCCc1ccc2c(n1)NCCC2)CC(F)F)Nc1ncncc1F. The molecule has 8 nitrogen and oxygen atoms in total. The Morgan fingerprint density at radius 3 is 2.88 bits per heavy atom. The van der Waals surface area contributed by atoms with Crippen molar-refractivity contribution in [2.24, 2.45) is 0 Å². The molecule has 1 atom stereocenters. The van der Waals surface area contributed by atoms with E-state index in [2.05, 4.69) is 31.7 Å². The van der Waals surface area contributed by atoms with Gasteiger partial charge in [-0.1, -0.05) is 6.07 Å². The molecule has 0 bridgehead atoms. The number of carboxylic acids is 1. The van der Waals surface area contributed by atoms with Gasteiger partial charge >= 0.3 is 5.97 Å². The number of rotatable bonds is 13. The zero-order valence-electron chi connectivity index (χ0n) is 18.3. The normalized spacial score (nSPS) is 14.1. The predicted molar refractivity (Wildman–Crippen MR) is 118 cm³/mol. The average Bonchev–Trinajstić information content (AvgIpc) is 2.79. The molecular formula is C22H29F3N6O2. The van der Waals surface area contributed by atoms with Crippen LogP contribution in [0, 0.1) is 5.82 Å². The van der Waals surface area contributed by atoms with E-state index in [4.69, 9.17) is 0 Å². The number of carboxylic acid groups (broad SMARTS) is 1. The summed E-state index contributed by atoms with van der Waals surface area (Å²) < 4.78 is 39.8. The van der Waals surface area contributed by atoms with Crippen molar-refractivity contribution in [2.45, 2.75) is 51.0 Å². The first-order chi connectivity index (χ1) is 15.9. The first-order valence-electron chi connectivity index (χ1n) is 11.1. The number of hydrogen-bond acceptors (Lipinski definition) is 7. The van der Waals surface area contributed by atoms with Crippen LogP contribution < -0.4 is 10.6 Å². The van der Waals surface area contributed by atoms with Crippen LogP contribution in [0.25, 0.3) is 0 Å². The van der Waals surface area contributed by atoms with Gasteiger partial charge in [-0.2, -0.15) is 0 Å². The second kappa shape index (κ2) is 12.3. The second-order valence-electron chi connectivity index (χ2n) is 8.03. The lowest BCUT2D eigenvalue weighted by Gasteiger charge is -2.24. The number of pyridine rings is 1. The van der Waals surface area contributed by atoms with Gasteiger partial charge in [0, 0.05) is 18.8 Å². The number of carbonyl (C=O) groups is 1. The maximum atomic E-state index is 13.7. The van der Waals surface area contributed by atoms with Crippen LogP contribution >= 0.6 is 0 Å². The van der Waals surface area contributed by atoms with Crippen LogP contribution in [-0.2, 0) is 17.6 Å². The Labute approximate surface area is 190 Å². The van der Waals surface area contributed by atoms with Gasteiger partial charge in [0.1, 0.15) is 18.2 Å². The zero-order chi connectivity index (χ0) is 23.6. The van der Waals surface area contributed by atoms with E-state index in [0.29, 0.717) is 13.0 Å². The molecule has 0 fully saturated rings. The number of nitrogens with zero attached hydrogens (tertiary/aromatic N) is 4. The van der Waals surface area contributed by atoms with Crippen molar-refractivity contribution in [3.63, 3.8) is 0 Å². The highest BCUT2D eigenvalue weighted by Crippen LogP contribution is 2.20. The summed E-state index contributed by atoms with van der Waals surface area (Å²) in [7, 11) is 0. The number of aromatic nitrogens is 3. The number of nitrogens with one attached hydrogen (secondary N) is 2. The molecule has 3 rings (SSSR count). The van der Waals surface area contributed by atoms with E-state index in [9.17, 15) is 23.1 Å². The highest BCUT2D eigenvalue weighted by atomic mass is 19.3. The van der Waals surface area contributed by atoms with Crippen molar-refractivity contribution in [3.05, 3.63) is 41.7 Å². The Balaban J connectivity index is 1.48. The lowest BCUT2D eigenvalue weighted by Crippen LogP contribution is -2.37. The molecule has 3 N–H and O–H groups in total. The van der Waals surface area contributed by atoms with Gasteiger partial charge in [-0.3, -0.25) is 4.90 Å². The van der Waals surface area contributed by atoms with E-state index in [1.165, 1.54) is 5.56 Å². The molecule has 0 aromatic carbocycles. The summed E-state index contributed by atoms with van der Waals surface area (Å²) in [5.41, 5.74) is 2.18. The van der Waals surface area contributed by atoms with Crippen LogP contribution in [0.15, 0.2) is 24.7 Å². The van der Waals surface area contributed by atoms with Crippen LogP contribution in [0.4, 0.5) is 24.8 Å². The van der Waals surface area contributed by atoms with Crippen molar-refractivity contribution in [1.82, 2.24) is 19.9 Å². The molecule has 180 valence electrons. The summed E-state index contributed by atoms with van der Waals surface area (Å²) in [5, 5.41) is 15.3. The standard InChI is InChI=1S/C22H29F3N6O2/c23-17-12-26-14-28-21(17)30-18(22(32)33)8-11-31(13-19(24)25)10-2-1-5-16-7-6-15-4-3-9-27-20(15)29-16/h6-7,12,14,18-19H,1-5,8-11,13H2,(H,27,29)(H,32,33)(H,26,28,30). The number of aryl methyl sites for hydroxylation is 2. The van der Waals surface area contributed by atoms with E-state index in [1.54, 1.807) is 4.90 Å². The number of aliphatic carboxylic acids is 1. The first-order valence-corrected chi connectivity index (χ1v) is 11.1. The van der Waals surface area contributed by atoms with Gasteiger partial charge in [-0.05, 0) is 56.7 Å². The summed E-state index contributed by atoms with van der Waals surface area (Å²) in [4.78, 5) is 25.0. The van der Waals surface area contributed by atoms with E-state index in [0.717, 1.165) is 56.3 Å². The maximum Gasteiger partial charge on any atom is 0.326 e. The molecule has 3 heterocycles. The Bertz CT molecular complexity index is 917. The van der Waals surface area contributed by atoms with Gasteiger partial charge in [0.2, 0.25) is 0 Å². The molecular weight excluding hydrogens is 437 g/mol. The van der Waals surface area contributed by atoms with Gasteiger partial charge in [0.25, 0.3) is 6.43 Å². The van der Waals surface area contributed by atoms with Crippen molar-refractivity contribution in [2.75, 3.05) is 36.8 Å². The van der Waals surface area contributed by atoms with Gasteiger partial charge < -0.3 is 15.7 Å². The van der Waals surface area contributed by atoms with Gasteiger partial charge in [0.05, 0.1) is 12.7 Å². The van der Waals surface area contributed by atoms with Crippen LogP contribution in [0.5, 0.6) is 0 Å². The topological polar surface area (TPSA) is 103 Å². The molecule has 0 spiro atoms. The second-order valence-corrected chi connectivity index (χ2v) is 8.03. The Morgan fingerprint density at radius 2 is 2.12 bits per heavy atom. The summed E-state index contributed by atoms with van der Waals surface area (Å²) in [6, 6.07) is 2.94. The lowest BCUT2D eigenvalue weighted by molar-refractivity contribution is -0.138. The largest absolute Gasteiger partial charge is 0.480 e. The molecule has 0 amide bonds. The quantitative estimate of drug-likeness (QED) is 0.387. The fourth-order valence-electron chi connectivity index (χ4n) is 3.79. The van der Waals surface area contributed by atoms with Crippen molar-refractivity contribution in [3.8, 4) is 0 Å². The Morgan fingerprint density at radius 1 is 1.27 bits per heavy atom. The molecule has 11 heteroatoms. The van der Waals surface area contributed by atoms with Crippen LogP contribution in [-0.4, -0.2) is 69.6 Å². The predicted octanol–water partition coefficient (Wildman–Crippen LogP) is 3.21. The summed E-state index contributed by atoms with van der Waals surface area (Å²) in [6.07, 6.45) is 3.81. The molecule has 2 aromatic rings. The molecule has 0 aliphatic carbocycles. The first kappa shape index (κ1) is 24.7. The van der Waals surface area contributed by atoms with Crippen LogP contribution in [0.1, 0.15) is 36.9 Å². The molecule has 1 aliphatic rings. The lowest BCUT2D eigenvalue weighted by atomic mass is 10.1. The monoisotopic (exact) mass is 466 g/mol. The Kier molecular flexibility index (Phi) is 9.23. The van der Waals surface area contributed by atoms with Gasteiger partial charge in [0.15, 0.2) is 11.6 Å². The molecule has 0 saturated heterocycles. The van der Waals surface area contributed by atoms with E-state index in [-0.39, 0.29) is 18.8 Å². The fraction of sp³-hybridized carbons (Fsp3) is 0.545. The van der Waals surface area contributed by atoms with Crippen molar-refractivity contribution < 1.29 is 23.1 Å². The number of alkyl halides is 2. The number of hydrogen-bond donors (Lipinski definition) is 3. The average molecular weight is 467 g/mol. The molecule has 1 unspecified atom stereocenters. The highest BCUT2D eigenvalue weighted by molar-refractivity contribution is 5.76. The van der Waals surface area contributed by atoms with E-state index < -0.39 is 30.8 Å². The number of fused-ring (bicyclic) bond motifs is 1. The minimum absolute atomic E-state index is 0.0174. The van der Waals surface area contributed by atoms with Crippen LogP contribution in [0.2, 0.25) is 0 Å². The molecule has 33 heavy (non-hydrogen) atoms. The molecule has 0 saturated carbocycles. The summed E-state index contributed by atoms with van der Waals surface area (Å²) in [6.45, 7) is 1.00. The molecule has 0 radical (unpaired) electrons. The van der Waals surface area contributed by atoms with Gasteiger partial charge in [-0.15, -0.1) is 0 Å². The maximum absolute atomic E-state index is 13.7. The van der Waals surface area contributed by atoms with Crippen LogP contribution in [0.3, 0.4) is 0 Å². The Hall–Kier alpha value is -2.95. The van der Waals surface area contributed by atoms with Gasteiger partial charge in [-0.25, -0.2) is 32.9 Å². The third-order valence-corrected chi connectivity index (χ3v) is 5.52.